The summed E-state index contributed by atoms with van der Waals surface area (Å²) in [5.41, 5.74) is 0. The Labute approximate surface area is 64.3 Å². The van der Waals surface area contributed by atoms with Crippen molar-refractivity contribution in [3.05, 3.63) is 0 Å². The van der Waals surface area contributed by atoms with E-state index in [2.05, 4.69) is 33.9 Å². The maximum Gasteiger partial charge on any atom is 0.156 e. The second-order valence-electron chi connectivity index (χ2n) is 3.71. The van der Waals surface area contributed by atoms with Crippen LogP contribution < -0.4 is 0 Å². The van der Waals surface area contributed by atoms with Crippen LogP contribution in [0.5, 0.6) is 0 Å². The maximum atomic E-state index is 6.26. The van der Waals surface area contributed by atoms with Gasteiger partial charge in [0.1, 0.15) is 0 Å². The summed E-state index contributed by atoms with van der Waals surface area (Å²) in [7, 11) is -1.41. The van der Waals surface area contributed by atoms with Crippen LogP contribution >= 0.6 is 11.1 Å². The van der Waals surface area contributed by atoms with E-state index in [9.17, 15) is 0 Å². The Kier molecular flexibility index (Phi) is 2.78. The zero-order chi connectivity index (χ0) is 7.71. The lowest BCUT2D eigenvalue weighted by atomic mass is 10.1. The molecule has 0 saturated carbocycles. The molecule has 0 saturated heterocycles. The van der Waals surface area contributed by atoms with E-state index in [1.807, 2.05) is 0 Å². The zero-order valence-electron chi connectivity index (χ0n) is 7.09. The summed E-state index contributed by atoms with van der Waals surface area (Å²) >= 11 is 6.26. The first-order chi connectivity index (χ1) is 3.81. The van der Waals surface area contributed by atoms with Crippen LogP contribution in [0.2, 0.25) is 18.1 Å². The minimum Gasteiger partial charge on any atom is -0.167 e. The molecule has 0 rings (SSSR count). The molecule has 0 aliphatic rings. The smallest absolute Gasteiger partial charge is 0.156 e. The standard InChI is InChI=1S/C7H17ClSi/c1-6-7(2,3)9(4,5)8/h6H2,1-5H3. The lowest BCUT2D eigenvalue weighted by Crippen LogP contribution is -2.31. The number of halogens is 1. The van der Waals surface area contributed by atoms with Crippen molar-refractivity contribution in [1.29, 1.82) is 0 Å². The molecule has 0 aromatic rings. The van der Waals surface area contributed by atoms with Gasteiger partial charge in [-0.25, -0.2) is 0 Å². The summed E-state index contributed by atoms with van der Waals surface area (Å²) in [6.45, 7) is 11.1. The monoisotopic (exact) mass is 164 g/mol. The van der Waals surface area contributed by atoms with Gasteiger partial charge in [0, 0.05) is 0 Å². The lowest BCUT2D eigenvalue weighted by Gasteiger charge is -2.33. The zero-order valence-corrected chi connectivity index (χ0v) is 8.84. The Morgan fingerprint density at radius 3 is 1.67 bits per heavy atom. The van der Waals surface area contributed by atoms with Crippen LogP contribution in [0.15, 0.2) is 0 Å². The first-order valence-corrected chi connectivity index (χ1v) is 7.51. The van der Waals surface area contributed by atoms with E-state index in [1.165, 1.54) is 6.42 Å². The molecule has 0 amide bonds. The quantitative estimate of drug-likeness (QED) is 0.432. The van der Waals surface area contributed by atoms with E-state index in [4.69, 9.17) is 11.1 Å². The third-order valence-corrected chi connectivity index (χ3v) is 7.60. The van der Waals surface area contributed by atoms with Crippen molar-refractivity contribution in [1.82, 2.24) is 0 Å². The van der Waals surface area contributed by atoms with Gasteiger partial charge in [0.2, 0.25) is 0 Å². The Morgan fingerprint density at radius 1 is 1.33 bits per heavy atom. The van der Waals surface area contributed by atoms with Crippen LogP contribution in [0.4, 0.5) is 0 Å². The molecular formula is C7H17ClSi. The van der Waals surface area contributed by atoms with Crippen molar-refractivity contribution in [3.63, 3.8) is 0 Å². The Balaban J connectivity index is 4.14. The fourth-order valence-corrected chi connectivity index (χ4v) is 1.66. The molecule has 56 valence electrons. The van der Waals surface area contributed by atoms with E-state index in [-0.39, 0.29) is 0 Å². The lowest BCUT2D eigenvalue weighted by molar-refractivity contribution is 0.629. The van der Waals surface area contributed by atoms with Crippen molar-refractivity contribution in [2.45, 2.75) is 45.3 Å². The molecule has 0 unspecified atom stereocenters. The third-order valence-electron chi connectivity index (χ3n) is 2.49. The third kappa shape index (κ3) is 2.30. The van der Waals surface area contributed by atoms with Crippen LogP contribution in [0.3, 0.4) is 0 Å². The molecule has 0 aliphatic heterocycles. The van der Waals surface area contributed by atoms with Crippen molar-refractivity contribution in [3.8, 4) is 0 Å². The fraction of sp³-hybridized carbons (Fsp3) is 1.00. The number of rotatable bonds is 2. The summed E-state index contributed by atoms with van der Waals surface area (Å²) < 4.78 is 0. The van der Waals surface area contributed by atoms with Crippen LogP contribution in [-0.2, 0) is 0 Å². The molecule has 0 N–H and O–H groups in total. The van der Waals surface area contributed by atoms with Gasteiger partial charge in [-0.2, -0.15) is 11.1 Å². The first-order valence-electron chi connectivity index (χ1n) is 3.50. The number of hydrogen-bond donors (Lipinski definition) is 0. The van der Waals surface area contributed by atoms with Crippen LogP contribution in [0, 0.1) is 0 Å². The van der Waals surface area contributed by atoms with Crippen LogP contribution in [0.1, 0.15) is 27.2 Å². The largest absolute Gasteiger partial charge is 0.167 e. The summed E-state index contributed by atoms with van der Waals surface area (Å²) in [5.74, 6) is 0. The highest BCUT2D eigenvalue weighted by atomic mass is 35.6. The van der Waals surface area contributed by atoms with Gasteiger partial charge >= 0.3 is 0 Å². The van der Waals surface area contributed by atoms with Gasteiger partial charge in [-0.15, -0.1) is 0 Å². The minimum absolute atomic E-state index is 0.383. The molecule has 0 aromatic heterocycles. The van der Waals surface area contributed by atoms with Crippen molar-refractivity contribution >= 4 is 18.5 Å². The van der Waals surface area contributed by atoms with E-state index >= 15 is 0 Å². The Morgan fingerprint density at radius 2 is 1.67 bits per heavy atom. The highest BCUT2D eigenvalue weighted by Gasteiger charge is 2.35. The highest BCUT2D eigenvalue weighted by Crippen LogP contribution is 2.42. The van der Waals surface area contributed by atoms with E-state index in [1.54, 1.807) is 0 Å². The van der Waals surface area contributed by atoms with Crippen molar-refractivity contribution < 1.29 is 0 Å². The van der Waals surface area contributed by atoms with Crippen molar-refractivity contribution in [2.75, 3.05) is 0 Å². The van der Waals surface area contributed by atoms with E-state index in [0.717, 1.165) is 0 Å². The summed E-state index contributed by atoms with van der Waals surface area (Å²) in [6.07, 6.45) is 1.19. The first kappa shape index (κ1) is 9.51. The van der Waals surface area contributed by atoms with Gasteiger partial charge in [-0.05, 0) is 5.04 Å². The maximum absolute atomic E-state index is 6.26. The van der Waals surface area contributed by atoms with Gasteiger partial charge in [0.15, 0.2) is 7.38 Å². The molecule has 0 heterocycles. The predicted octanol–water partition coefficient (Wildman–Crippen LogP) is 3.62. The molecule has 0 spiro atoms. The summed E-state index contributed by atoms with van der Waals surface area (Å²) in [6, 6.07) is 0. The molecule has 0 aliphatic carbocycles. The Bertz CT molecular complexity index is 91.6. The average Bonchev–Trinajstić information content (AvgIpc) is 1.64. The van der Waals surface area contributed by atoms with Gasteiger partial charge in [-0.3, -0.25) is 0 Å². The molecule has 0 radical (unpaired) electrons. The summed E-state index contributed by atoms with van der Waals surface area (Å²) in [4.78, 5) is 0. The SMILES string of the molecule is CCC(C)(C)[Si](C)(C)Cl. The highest BCUT2D eigenvalue weighted by molar-refractivity contribution is 7.20. The average molecular weight is 165 g/mol. The summed E-state index contributed by atoms with van der Waals surface area (Å²) in [5, 5.41) is 0.383. The van der Waals surface area contributed by atoms with Gasteiger partial charge in [-0.1, -0.05) is 40.3 Å². The van der Waals surface area contributed by atoms with E-state index in [0.29, 0.717) is 5.04 Å². The van der Waals surface area contributed by atoms with Gasteiger partial charge in [0.05, 0.1) is 0 Å². The van der Waals surface area contributed by atoms with Crippen LogP contribution in [0.25, 0.3) is 0 Å². The van der Waals surface area contributed by atoms with Gasteiger partial charge < -0.3 is 0 Å². The van der Waals surface area contributed by atoms with Crippen molar-refractivity contribution in [2.24, 2.45) is 0 Å². The molecule has 0 aromatic carbocycles. The fourth-order valence-electron chi connectivity index (χ4n) is 0.420. The normalized spacial score (nSPS) is 14.0. The minimum atomic E-state index is -1.41. The van der Waals surface area contributed by atoms with Crippen LogP contribution in [-0.4, -0.2) is 7.38 Å². The molecular weight excluding hydrogens is 148 g/mol. The van der Waals surface area contributed by atoms with Gasteiger partial charge in [0.25, 0.3) is 0 Å². The molecule has 0 bridgehead atoms. The molecule has 9 heavy (non-hydrogen) atoms. The Hall–Kier alpha value is 0.507. The predicted molar refractivity (Wildman–Crippen MR) is 47.7 cm³/mol. The second-order valence-corrected chi connectivity index (χ2v) is 10.8. The molecule has 0 nitrogen and oxygen atoms in total. The molecule has 0 fully saturated rings. The molecule has 2 heteroatoms. The topological polar surface area (TPSA) is 0 Å². The molecule has 0 atom stereocenters. The second kappa shape index (κ2) is 2.63. The number of hydrogen-bond acceptors (Lipinski definition) is 0. The van der Waals surface area contributed by atoms with E-state index < -0.39 is 7.38 Å².